The molecule has 0 spiro atoms. The summed E-state index contributed by atoms with van der Waals surface area (Å²) in [4.78, 5) is 15.3. The van der Waals surface area contributed by atoms with Crippen molar-refractivity contribution < 1.29 is 14.4 Å². The summed E-state index contributed by atoms with van der Waals surface area (Å²) in [5.74, 6) is 4.77. The summed E-state index contributed by atoms with van der Waals surface area (Å²) in [6.45, 7) is 0.438. The molecule has 0 aromatic heterocycles. The number of rotatable bonds is 4. The highest BCUT2D eigenvalue weighted by molar-refractivity contribution is 5.67. The summed E-state index contributed by atoms with van der Waals surface area (Å²) in [6.07, 6.45) is 4.13. The van der Waals surface area contributed by atoms with E-state index in [4.69, 9.17) is 10.6 Å². The van der Waals surface area contributed by atoms with Crippen LogP contribution >= 0.6 is 0 Å². The maximum absolute atomic E-state index is 11.0. The molecule has 0 unspecified atom stereocenters. The minimum Gasteiger partial charge on any atom is -0.447 e. The summed E-state index contributed by atoms with van der Waals surface area (Å²) >= 11 is 0. The van der Waals surface area contributed by atoms with E-state index < -0.39 is 0 Å². The lowest BCUT2D eigenvalue weighted by atomic mass is 10.3. The van der Waals surface area contributed by atoms with E-state index in [0.29, 0.717) is 6.04 Å². The molecule has 76 valence electrons. The van der Waals surface area contributed by atoms with Gasteiger partial charge in [0.15, 0.2) is 0 Å². The van der Waals surface area contributed by atoms with E-state index in [1.54, 1.807) is 0 Å². The SMILES string of the molecule is NOCCOC(=O)NC1CCCC1. The molecule has 3 N–H and O–H groups in total. The highest BCUT2D eigenvalue weighted by atomic mass is 16.6. The highest BCUT2D eigenvalue weighted by Gasteiger charge is 2.17. The Kier molecular flexibility index (Phi) is 4.56. The lowest BCUT2D eigenvalue weighted by Crippen LogP contribution is -2.33. The Balaban J connectivity index is 2.02. The molecule has 0 atom stereocenters. The van der Waals surface area contributed by atoms with E-state index in [-0.39, 0.29) is 19.3 Å². The maximum atomic E-state index is 11.0. The van der Waals surface area contributed by atoms with E-state index in [1.807, 2.05) is 0 Å². The molecule has 1 rings (SSSR count). The minimum absolute atomic E-state index is 0.203. The van der Waals surface area contributed by atoms with Gasteiger partial charge in [-0.05, 0) is 12.8 Å². The van der Waals surface area contributed by atoms with Crippen LogP contribution < -0.4 is 11.2 Å². The average molecular weight is 188 g/mol. The monoisotopic (exact) mass is 188 g/mol. The van der Waals surface area contributed by atoms with Crippen molar-refractivity contribution in [2.75, 3.05) is 13.2 Å². The second kappa shape index (κ2) is 5.77. The average Bonchev–Trinajstić information content (AvgIpc) is 2.57. The van der Waals surface area contributed by atoms with E-state index in [9.17, 15) is 4.79 Å². The summed E-state index contributed by atoms with van der Waals surface area (Å²) < 4.78 is 4.79. The zero-order valence-corrected chi connectivity index (χ0v) is 7.62. The molecule has 13 heavy (non-hydrogen) atoms. The largest absolute Gasteiger partial charge is 0.447 e. The molecule has 0 aliphatic heterocycles. The van der Waals surface area contributed by atoms with Gasteiger partial charge in [-0.1, -0.05) is 12.8 Å². The third-order valence-electron chi connectivity index (χ3n) is 2.11. The molecule has 0 heterocycles. The van der Waals surface area contributed by atoms with Crippen molar-refractivity contribution in [2.24, 2.45) is 5.90 Å². The number of ether oxygens (including phenoxy) is 1. The number of nitrogens with one attached hydrogen (secondary N) is 1. The molecular weight excluding hydrogens is 172 g/mol. The molecule has 1 aliphatic rings. The number of hydrogen-bond acceptors (Lipinski definition) is 4. The fraction of sp³-hybridized carbons (Fsp3) is 0.875. The van der Waals surface area contributed by atoms with Crippen molar-refractivity contribution >= 4 is 6.09 Å². The van der Waals surface area contributed by atoms with Crippen molar-refractivity contribution in [1.82, 2.24) is 5.32 Å². The Morgan fingerprint density at radius 2 is 2.08 bits per heavy atom. The van der Waals surface area contributed by atoms with Gasteiger partial charge in [0, 0.05) is 6.04 Å². The van der Waals surface area contributed by atoms with Crippen LogP contribution in [-0.4, -0.2) is 25.3 Å². The maximum Gasteiger partial charge on any atom is 0.407 e. The van der Waals surface area contributed by atoms with Crippen molar-refractivity contribution in [3.8, 4) is 0 Å². The molecule has 1 fully saturated rings. The van der Waals surface area contributed by atoms with E-state index in [2.05, 4.69) is 10.2 Å². The van der Waals surface area contributed by atoms with Gasteiger partial charge in [-0.2, -0.15) is 0 Å². The molecule has 0 bridgehead atoms. The van der Waals surface area contributed by atoms with E-state index in [1.165, 1.54) is 12.8 Å². The molecule has 1 aliphatic carbocycles. The molecule has 0 aromatic carbocycles. The first-order valence-corrected chi connectivity index (χ1v) is 4.58. The highest BCUT2D eigenvalue weighted by Crippen LogP contribution is 2.17. The van der Waals surface area contributed by atoms with Gasteiger partial charge in [-0.25, -0.2) is 10.7 Å². The van der Waals surface area contributed by atoms with E-state index >= 15 is 0 Å². The fourth-order valence-electron chi connectivity index (χ4n) is 1.46. The Bertz CT molecular complexity index is 157. The van der Waals surface area contributed by atoms with Crippen LogP contribution in [0.3, 0.4) is 0 Å². The summed E-state index contributed by atoms with van der Waals surface area (Å²) in [7, 11) is 0. The lowest BCUT2D eigenvalue weighted by molar-refractivity contribution is 0.0721. The molecular formula is C8H16N2O3. The standard InChI is InChI=1S/C8H16N2O3/c9-13-6-5-12-8(11)10-7-3-1-2-4-7/h7H,1-6,9H2,(H,10,11). The molecule has 0 saturated heterocycles. The first-order valence-electron chi connectivity index (χ1n) is 4.58. The Labute approximate surface area is 77.5 Å². The van der Waals surface area contributed by atoms with Crippen LogP contribution in [0.1, 0.15) is 25.7 Å². The van der Waals surface area contributed by atoms with Gasteiger partial charge < -0.3 is 14.9 Å². The second-order valence-corrected chi connectivity index (χ2v) is 3.13. The van der Waals surface area contributed by atoms with Gasteiger partial charge in [0.05, 0.1) is 0 Å². The van der Waals surface area contributed by atoms with Crippen LogP contribution in [0, 0.1) is 0 Å². The number of carbonyl (C=O) groups is 1. The molecule has 0 aromatic rings. The van der Waals surface area contributed by atoms with Gasteiger partial charge in [0.1, 0.15) is 13.2 Å². The van der Waals surface area contributed by atoms with E-state index in [0.717, 1.165) is 12.8 Å². The first kappa shape index (κ1) is 10.3. The first-order chi connectivity index (χ1) is 6.33. The smallest absolute Gasteiger partial charge is 0.407 e. The number of amides is 1. The number of carbonyl (C=O) groups excluding carboxylic acids is 1. The molecule has 5 nitrogen and oxygen atoms in total. The van der Waals surface area contributed by atoms with Crippen molar-refractivity contribution in [3.63, 3.8) is 0 Å². The Morgan fingerprint density at radius 1 is 1.38 bits per heavy atom. The summed E-state index contributed by atoms with van der Waals surface area (Å²) in [5, 5.41) is 2.78. The van der Waals surface area contributed by atoms with Crippen LogP contribution in [0.25, 0.3) is 0 Å². The van der Waals surface area contributed by atoms with Crippen molar-refractivity contribution in [2.45, 2.75) is 31.7 Å². The summed E-state index contributed by atoms with van der Waals surface area (Å²) in [6, 6.07) is 0.297. The van der Waals surface area contributed by atoms with Gasteiger partial charge in [-0.3, -0.25) is 0 Å². The normalized spacial score (nSPS) is 17.3. The third-order valence-corrected chi connectivity index (χ3v) is 2.11. The van der Waals surface area contributed by atoms with Crippen LogP contribution in [0.5, 0.6) is 0 Å². The number of alkyl carbamates (subject to hydrolysis) is 1. The number of nitrogens with two attached hydrogens (primary N) is 1. The Morgan fingerprint density at radius 3 is 2.69 bits per heavy atom. The second-order valence-electron chi connectivity index (χ2n) is 3.13. The third kappa shape index (κ3) is 4.10. The topological polar surface area (TPSA) is 73.6 Å². The van der Waals surface area contributed by atoms with Gasteiger partial charge in [-0.15, -0.1) is 0 Å². The van der Waals surface area contributed by atoms with Crippen LogP contribution in [0.2, 0.25) is 0 Å². The number of hydrogen-bond donors (Lipinski definition) is 2. The molecule has 5 heteroatoms. The zero-order chi connectivity index (χ0) is 9.52. The van der Waals surface area contributed by atoms with Gasteiger partial charge >= 0.3 is 6.09 Å². The zero-order valence-electron chi connectivity index (χ0n) is 7.62. The predicted octanol–water partition coefficient (Wildman–Crippen LogP) is 0.545. The molecule has 1 saturated carbocycles. The van der Waals surface area contributed by atoms with Crippen molar-refractivity contribution in [1.29, 1.82) is 0 Å². The van der Waals surface area contributed by atoms with Gasteiger partial charge in [0.2, 0.25) is 0 Å². The van der Waals surface area contributed by atoms with Crippen molar-refractivity contribution in [3.05, 3.63) is 0 Å². The lowest BCUT2D eigenvalue weighted by Gasteiger charge is -2.11. The summed E-state index contributed by atoms with van der Waals surface area (Å²) in [5.41, 5.74) is 0. The molecule has 1 amide bonds. The van der Waals surface area contributed by atoms with Gasteiger partial charge in [0.25, 0.3) is 0 Å². The quantitative estimate of drug-likeness (QED) is 0.499. The minimum atomic E-state index is -0.371. The van der Waals surface area contributed by atoms with Crippen LogP contribution in [0.15, 0.2) is 0 Å². The van der Waals surface area contributed by atoms with Crippen LogP contribution in [-0.2, 0) is 9.57 Å². The fourth-order valence-corrected chi connectivity index (χ4v) is 1.46. The van der Waals surface area contributed by atoms with Crippen LogP contribution in [0.4, 0.5) is 4.79 Å². The Hall–Kier alpha value is -0.810. The predicted molar refractivity (Wildman–Crippen MR) is 46.9 cm³/mol. The molecule has 0 radical (unpaired) electrons.